The van der Waals surface area contributed by atoms with Crippen LogP contribution in [0, 0.1) is 13.8 Å². The third-order valence-electron chi connectivity index (χ3n) is 12.5. The minimum absolute atomic E-state index is 0.229. The summed E-state index contributed by atoms with van der Waals surface area (Å²) in [5, 5.41) is 9.54. The van der Waals surface area contributed by atoms with E-state index in [1.165, 1.54) is 22.3 Å². The van der Waals surface area contributed by atoms with Crippen molar-refractivity contribution in [2.75, 3.05) is 28.4 Å². The van der Waals surface area contributed by atoms with Crippen LogP contribution in [0.2, 0.25) is 0 Å². The van der Waals surface area contributed by atoms with E-state index >= 15 is 0 Å². The van der Waals surface area contributed by atoms with Gasteiger partial charge in [-0.2, -0.15) is 10.2 Å². The molecule has 0 N–H and O–H groups in total. The highest BCUT2D eigenvalue weighted by Crippen LogP contribution is 2.36. The summed E-state index contributed by atoms with van der Waals surface area (Å²) in [6.07, 6.45) is 19.8. The highest BCUT2D eigenvalue weighted by Gasteiger charge is 2.28. The first-order valence-corrected chi connectivity index (χ1v) is 23.1. The van der Waals surface area contributed by atoms with Crippen LogP contribution >= 0.6 is 0 Å². The summed E-state index contributed by atoms with van der Waals surface area (Å²) >= 11 is 0. The van der Waals surface area contributed by atoms with Crippen LogP contribution in [0.15, 0.2) is 110 Å². The molecule has 14 nitrogen and oxygen atoms in total. The van der Waals surface area contributed by atoms with Crippen LogP contribution < -0.4 is 9.47 Å². The zero-order valence-corrected chi connectivity index (χ0v) is 39.6. The average molecular weight is 911 g/mol. The van der Waals surface area contributed by atoms with Crippen LogP contribution in [0.3, 0.4) is 0 Å². The zero-order valence-electron chi connectivity index (χ0n) is 39.6. The van der Waals surface area contributed by atoms with E-state index in [1.807, 2.05) is 83.9 Å². The number of nitrogens with zero attached hydrogens (tertiary/aromatic N) is 10. The van der Waals surface area contributed by atoms with Gasteiger partial charge in [0.25, 0.3) is 0 Å². The van der Waals surface area contributed by atoms with E-state index in [4.69, 9.17) is 39.1 Å². The lowest BCUT2D eigenvalue weighted by Crippen LogP contribution is -2.19. The van der Waals surface area contributed by atoms with Crippen molar-refractivity contribution in [3.63, 3.8) is 0 Å². The first kappa shape index (κ1) is 45.7. The summed E-state index contributed by atoms with van der Waals surface area (Å²) in [4.78, 5) is 18.5. The number of hydrogen-bond acceptors (Lipinski definition) is 10. The predicted octanol–water partition coefficient (Wildman–Crippen LogP) is 10.0. The smallest absolute Gasteiger partial charge is 0.174 e. The van der Waals surface area contributed by atoms with Crippen molar-refractivity contribution in [3.05, 3.63) is 178 Å². The van der Waals surface area contributed by atoms with E-state index in [0.717, 1.165) is 107 Å². The third-order valence-corrected chi connectivity index (χ3v) is 12.5. The Morgan fingerprint density at radius 1 is 0.559 bits per heavy atom. The minimum atomic E-state index is 0.229. The van der Waals surface area contributed by atoms with Crippen molar-refractivity contribution >= 4 is 24.3 Å². The normalized spacial score (nSPS) is 15.6. The van der Waals surface area contributed by atoms with E-state index in [1.54, 1.807) is 41.1 Å². The average Bonchev–Trinajstić information content (AvgIpc) is 4.20. The minimum Gasteiger partial charge on any atom is -0.495 e. The van der Waals surface area contributed by atoms with Gasteiger partial charge >= 0.3 is 0 Å². The molecule has 0 spiro atoms. The van der Waals surface area contributed by atoms with Crippen LogP contribution in [-0.4, -0.2) is 77.1 Å². The van der Waals surface area contributed by atoms with E-state index in [0.29, 0.717) is 13.2 Å². The van der Waals surface area contributed by atoms with Crippen molar-refractivity contribution < 1.29 is 18.9 Å². The molecule has 8 aromatic rings. The van der Waals surface area contributed by atoms with E-state index in [-0.39, 0.29) is 11.8 Å². The van der Waals surface area contributed by atoms with E-state index in [9.17, 15) is 0 Å². The molecule has 0 amide bonds. The third kappa shape index (κ3) is 10.1. The Bertz CT molecular complexity index is 2840. The number of benzene rings is 4. The van der Waals surface area contributed by atoms with Crippen molar-refractivity contribution in [2.24, 2.45) is 0 Å². The number of methoxy groups -OCH3 is 4. The molecule has 10 rings (SSSR count). The van der Waals surface area contributed by atoms with Crippen molar-refractivity contribution in [3.8, 4) is 22.9 Å². The molecule has 0 unspecified atom stereocenters. The lowest BCUT2D eigenvalue weighted by Gasteiger charge is -2.24. The molecule has 0 aliphatic carbocycles. The first-order chi connectivity index (χ1) is 33.3. The fourth-order valence-corrected chi connectivity index (χ4v) is 9.26. The number of fused-ring (bicyclic) bond motifs is 2. The van der Waals surface area contributed by atoms with Gasteiger partial charge in [0, 0.05) is 51.5 Å². The van der Waals surface area contributed by atoms with Gasteiger partial charge < -0.3 is 28.1 Å². The van der Waals surface area contributed by atoms with Crippen LogP contribution in [0.5, 0.6) is 11.5 Å². The molecule has 2 aliphatic rings. The lowest BCUT2D eigenvalue weighted by molar-refractivity contribution is 0.183. The molecule has 0 saturated carbocycles. The largest absolute Gasteiger partial charge is 0.495 e. The predicted molar refractivity (Wildman–Crippen MR) is 264 cm³/mol. The van der Waals surface area contributed by atoms with Gasteiger partial charge in [-0.3, -0.25) is 0 Å². The molecule has 4 aromatic heterocycles. The van der Waals surface area contributed by atoms with Crippen LogP contribution in [0.4, 0.5) is 0 Å². The van der Waals surface area contributed by atoms with Gasteiger partial charge in [0.15, 0.2) is 11.6 Å². The highest BCUT2D eigenvalue weighted by molar-refractivity contribution is 5.70. The second-order valence-electron chi connectivity index (χ2n) is 17.1. The molecule has 0 radical (unpaired) electrons. The molecule has 2 atom stereocenters. The Kier molecular flexibility index (Phi) is 14.1. The summed E-state index contributed by atoms with van der Waals surface area (Å²) in [5.74, 6) is 5.52. The standard InChI is InChI=1S/2C27H29N5O2/c2*1-19-16-31(18-28-19)24-12-10-20(15-25(24)34-3)11-13-26-29-27-23(9-6-14-32(27)30-26)22-8-5-4-7-21(22)17-33-2/h2*4-5,7-8,10-13,15-16,18,23H,6,9,14,17H2,1-3H3/b2*13-11+/t2*23-/m10/s1. The van der Waals surface area contributed by atoms with Gasteiger partial charge in [0.1, 0.15) is 23.1 Å². The molecule has 0 bridgehead atoms. The van der Waals surface area contributed by atoms with Gasteiger partial charge in [-0.05, 0) is 109 Å². The number of imidazole rings is 2. The maximum atomic E-state index is 5.63. The molecule has 0 saturated heterocycles. The molecule has 4 aromatic carbocycles. The molecule has 2 aliphatic heterocycles. The molecule has 0 fully saturated rings. The Morgan fingerprint density at radius 2 is 1.00 bits per heavy atom. The summed E-state index contributed by atoms with van der Waals surface area (Å²) in [6.45, 7) is 6.93. The molecular formula is C54H58N10O4. The second kappa shape index (κ2) is 21.0. The first-order valence-electron chi connectivity index (χ1n) is 23.1. The van der Waals surface area contributed by atoms with Crippen molar-refractivity contribution in [1.29, 1.82) is 0 Å². The SMILES string of the molecule is COCc1ccccc1[C@@H]1CCCn2nc(/C=C/c3ccc(-n4cnc(C)c4)c(OC)c3)nc21.COCc1ccccc1[C@H]1CCCn2nc(/C=C/c3ccc(-n4cnc(C)c4)c(OC)c3)nc21. The topological polar surface area (TPSA) is 134 Å². The summed E-state index contributed by atoms with van der Waals surface area (Å²) in [6, 6.07) is 29.2. The number of aryl methyl sites for hydroxylation is 4. The number of ether oxygens (including phenoxy) is 4. The molecule has 14 heteroatoms. The van der Waals surface area contributed by atoms with Gasteiger partial charge in [0.2, 0.25) is 0 Å². The fourth-order valence-electron chi connectivity index (χ4n) is 9.26. The number of hydrogen-bond donors (Lipinski definition) is 0. The fraction of sp³-hybridized carbons (Fsp3) is 0.296. The van der Waals surface area contributed by atoms with Crippen LogP contribution in [-0.2, 0) is 35.8 Å². The van der Waals surface area contributed by atoms with Gasteiger partial charge in [0.05, 0.1) is 62.9 Å². The number of aromatic nitrogens is 10. The molecule has 348 valence electrons. The van der Waals surface area contributed by atoms with Crippen LogP contribution in [0.25, 0.3) is 35.7 Å². The second-order valence-corrected chi connectivity index (χ2v) is 17.1. The Morgan fingerprint density at radius 3 is 1.40 bits per heavy atom. The van der Waals surface area contributed by atoms with Gasteiger partial charge in [-0.1, -0.05) is 72.8 Å². The quantitative estimate of drug-likeness (QED) is 0.104. The van der Waals surface area contributed by atoms with Crippen molar-refractivity contribution in [2.45, 2.75) is 77.7 Å². The zero-order chi connectivity index (χ0) is 47.0. The van der Waals surface area contributed by atoms with E-state index in [2.05, 4.69) is 80.0 Å². The lowest BCUT2D eigenvalue weighted by atomic mass is 9.88. The van der Waals surface area contributed by atoms with E-state index < -0.39 is 0 Å². The highest BCUT2D eigenvalue weighted by atomic mass is 16.5. The molecule has 6 heterocycles. The molecule has 68 heavy (non-hydrogen) atoms. The Hall–Kier alpha value is -7.42. The Labute approximate surface area is 397 Å². The Balaban J connectivity index is 0.000000170. The summed E-state index contributed by atoms with van der Waals surface area (Å²) < 4.78 is 30.2. The monoisotopic (exact) mass is 910 g/mol. The number of rotatable bonds is 14. The summed E-state index contributed by atoms with van der Waals surface area (Å²) in [5.41, 5.74) is 10.9. The summed E-state index contributed by atoms with van der Waals surface area (Å²) in [7, 11) is 6.84. The van der Waals surface area contributed by atoms with Crippen molar-refractivity contribution in [1.82, 2.24) is 48.6 Å². The molecular weight excluding hydrogens is 853 g/mol. The van der Waals surface area contributed by atoms with Gasteiger partial charge in [-0.15, -0.1) is 0 Å². The maximum Gasteiger partial charge on any atom is 0.174 e. The van der Waals surface area contributed by atoms with Crippen LogP contribution in [0.1, 0.15) is 106 Å². The van der Waals surface area contributed by atoms with Gasteiger partial charge in [-0.25, -0.2) is 29.3 Å². The maximum absolute atomic E-state index is 5.63.